The van der Waals surface area contributed by atoms with Crippen LogP contribution in [0.2, 0.25) is 5.15 Å². The first kappa shape index (κ1) is 22.0. The molecule has 6 nitrogen and oxygen atoms in total. The third kappa shape index (κ3) is 4.85. The number of terminal acetylenes is 1. The number of benzene rings is 1. The summed E-state index contributed by atoms with van der Waals surface area (Å²) in [6.45, 7) is 3.75. The summed E-state index contributed by atoms with van der Waals surface area (Å²) < 4.78 is 20.3. The molecule has 0 aliphatic heterocycles. The van der Waals surface area contributed by atoms with Gasteiger partial charge in [0.15, 0.2) is 10.8 Å². The number of halogens is 1. The highest BCUT2D eigenvalue weighted by molar-refractivity contribution is 7.64. The van der Waals surface area contributed by atoms with E-state index < -0.39 is 7.37 Å². The van der Waals surface area contributed by atoms with Crippen LogP contribution in [0.4, 0.5) is 0 Å². The molecule has 1 aromatic carbocycles. The van der Waals surface area contributed by atoms with Crippen molar-refractivity contribution in [2.75, 3.05) is 6.16 Å². The van der Waals surface area contributed by atoms with Gasteiger partial charge < -0.3 is 4.52 Å². The zero-order valence-corrected chi connectivity index (χ0v) is 19.4. The monoisotopic (exact) mass is 456 g/mol. The molecular weight excluding hydrogens is 431 g/mol. The second kappa shape index (κ2) is 9.12. The zero-order valence-electron chi connectivity index (χ0n) is 17.7. The van der Waals surface area contributed by atoms with E-state index in [0.717, 1.165) is 31.4 Å². The Bertz CT molecular complexity index is 1140. The van der Waals surface area contributed by atoms with Crippen molar-refractivity contribution in [3.05, 3.63) is 47.6 Å². The Balaban J connectivity index is 1.41. The number of fused-ring (bicyclic) bond motifs is 1. The molecule has 2 aromatic heterocycles. The first-order valence-corrected chi connectivity index (χ1v) is 12.8. The molecule has 0 amide bonds. The molecule has 0 spiro atoms. The quantitative estimate of drug-likeness (QED) is 0.257. The minimum atomic E-state index is -2.98. The van der Waals surface area contributed by atoms with Gasteiger partial charge in [-0.05, 0) is 74.7 Å². The molecular formula is C23H26ClN4O2P. The second-order valence-corrected chi connectivity index (χ2v) is 10.9. The summed E-state index contributed by atoms with van der Waals surface area (Å²) in [5.74, 6) is 0.857. The molecule has 1 aliphatic carbocycles. The predicted molar refractivity (Wildman–Crippen MR) is 124 cm³/mol. The van der Waals surface area contributed by atoms with Gasteiger partial charge in [0.25, 0.3) is 7.37 Å². The van der Waals surface area contributed by atoms with Crippen LogP contribution >= 0.6 is 19.0 Å². The molecule has 0 bridgehead atoms. The lowest BCUT2D eigenvalue weighted by molar-refractivity contribution is 0.242. The minimum absolute atomic E-state index is 0.119. The molecule has 4 rings (SSSR count). The summed E-state index contributed by atoms with van der Waals surface area (Å²) >= 11 is 6.11. The van der Waals surface area contributed by atoms with E-state index in [1.807, 2.05) is 18.4 Å². The number of imidazole rings is 1. The smallest absolute Gasteiger partial charge is 0.273 e. The molecule has 0 saturated heterocycles. The van der Waals surface area contributed by atoms with Crippen molar-refractivity contribution in [1.29, 1.82) is 0 Å². The fraction of sp³-hybridized carbons (Fsp3) is 0.435. The Labute approximate surface area is 187 Å². The number of hydrogen-bond acceptors (Lipinski definition) is 5. The van der Waals surface area contributed by atoms with Crippen molar-refractivity contribution in [3.63, 3.8) is 0 Å². The van der Waals surface area contributed by atoms with E-state index in [4.69, 9.17) is 22.5 Å². The Morgan fingerprint density at radius 3 is 2.55 bits per heavy atom. The van der Waals surface area contributed by atoms with Crippen LogP contribution in [0.25, 0.3) is 16.9 Å². The fourth-order valence-corrected chi connectivity index (χ4v) is 6.54. The number of aromatic nitrogens is 4. The number of nitrogens with zero attached hydrogens (tertiary/aromatic N) is 4. The highest BCUT2D eigenvalue weighted by atomic mass is 35.5. The van der Waals surface area contributed by atoms with Crippen LogP contribution in [-0.2, 0) is 9.09 Å². The van der Waals surface area contributed by atoms with Crippen LogP contribution < -0.4 is 0 Å². The largest absolute Gasteiger partial charge is 0.317 e. The molecule has 162 valence electrons. The lowest BCUT2D eigenvalue weighted by Gasteiger charge is -2.30. The standard InChI is InChI=1S/C23H26ClN4O2P/c1-4-31(29,30-16(2)3)13-17-5-7-18(8-6-17)19-9-11-20(12-10-19)28-15-27-21-22(24)25-14-26-23(21)28/h1,9-12,14-18H,5-8,13H2,2-3H3. The third-order valence-corrected chi connectivity index (χ3v) is 8.28. The van der Waals surface area contributed by atoms with E-state index in [0.29, 0.717) is 34.3 Å². The molecule has 8 heteroatoms. The van der Waals surface area contributed by atoms with E-state index in [9.17, 15) is 4.57 Å². The highest BCUT2D eigenvalue weighted by Crippen LogP contribution is 2.51. The Hall–Kier alpha value is -2.19. The molecule has 3 aromatic rings. The van der Waals surface area contributed by atoms with Crippen LogP contribution in [0.3, 0.4) is 0 Å². The van der Waals surface area contributed by atoms with Gasteiger partial charge in [-0.15, -0.1) is 6.42 Å². The van der Waals surface area contributed by atoms with E-state index in [2.05, 4.69) is 44.9 Å². The summed E-state index contributed by atoms with van der Waals surface area (Å²) in [5.41, 5.74) is 6.03. The van der Waals surface area contributed by atoms with Crippen LogP contribution in [0.15, 0.2) is 36.9 Å². The summed E-state index contributed by atoms with van der Waals surface area (Å²) in [4.78, 5) is 12.6. The number of rotatable bonds is 6. The van der Waals surface area contributed by atoms with Gasteiger partial charge in [0.05, 0.1) is 6.10 Å². The molecule has 2 heterocycles. The molecule has 1 unspecified atom stereocenters. The molecule has 0 radical (unpaired) electrons. The van der Waals surface area contributed by atoms with E-state index in [1.165, 1.54) is 11.9 Å². The second-order valence-electron chi connectivity index (χ2n) is 8.40. The maximum Gasteiger partial charge on any atom is 0.273 e. The van der Waals surface area contributed by atoms with Crippen molar-refractivity contribution in [2.24, 2.45) is 5.92 Å². The summed E-state index contributed by atoms with van der Waals surface area (Å²) in [7, 11) is -2.98. The summed E-state index contributed by atoms with van der Waals surface area (Å²) in [6, 6.07) is 8.51. The lowest BCUT2D eigenvalue weighted by atomic mass is 9.79. The predicted octanol–water partition coefficient (Wildman–Crippen LogP) is 6.04. The van der Waals surface area contributed by atoms with Crippen LogP contribution in [0.5, 0.6) is 0 Å². The first-order chi connectivity index (χ1) is 14.9. The molecule has 1 aliphatic rings. The molecule has 1 atom stereocenters. The molecule has 1 fully saturated rings. The molecule has 1 saturated carbocycles. The Morgan fingerprint density at radius 1 is 1.19 bits per heavy atom. The average Bonchev–Trinajstić information content (AvgIpc) is 3.19. The van der Waals surface area contributed by atoms with E-state index in [1.54, 1.807) is 6.33 Å². The van der Waals surface area contributed by atoms with Gasteiger partial charge in [-0.2, -0.15) is 0 Å². The first-order valence-electron chi connectivity index (χ1n) is 10.6. The summed E-state index contributed by atoms with van der Waals surface area (Å²) in [5, 5.41) is 0.352. The van der Waals surface area contributed by atoms with Crippen molar-refractivity contribution >= 4 is 30.1 Å². The van der Waals surface area contributed by atoms with Crippen LogP contribution in [0.1, 0.15) is 51.0 Å². The molecule has 0 N–H and O–H groups in total. The topological polar surface area (TPSA) is 69.9 Å². The normalized spacial score (nSPS) is 21.1. The average molecular weight is 457 g/mol. The van der Waals surface area contributed by atoms with Gasteiger partial charge in [-0.1, -0.05) is 23.7 Å². The minimum Gasteiger partial charge on any atom is -0.317 e. The van der Waals surface area contributed by atoms with Crippen molar-refractivity contribution in [3.8, 4) is 17.8 Å². The Morgan fingerprint density at radius 2 is 1.90 bits per heavy atom. The van der Waals surface area contributed by atoms with Gasteiger partial charge in [0.1, 0.15) is 18.2 Å². The third-order valence-electron chi connectivity index (χ3n) is 5.85. The van der Waals surface area contributed by atoms with Gasteiger partial charge in [0, 0.05) is 11.8 Å². The van der Waals surface area contributed by atoms with Gasteiger partial charge in [0.2, 0.25) is 0 Å². The van der Waals surface area contributed by atoms with E-state index >= 15 is 0 Å². The maximum atomic E-state index is 12.8. The Kier molecular flexibility index (Phi) is 6.48. The SMILES string of the molecule is C#CP(=O)(CC1CCC(c2ccc(-n3cnc4c(Cl)ncnc43)cc2)CC1)OC(C)C. The molecule has 31 heavy (non-hydrogen) atoms. The lowest BCUT2D eigenvalue weighted by Crippen LogP contribution is -2.17. The van der Waals surface area contributed by atoms with Crippen LogP contribution in [0, 0.1) is 18.0 Å². The fourth-order valence-electron chi connectivity index (χ4n) is 4.39. The summed E-state index contributed by atoms with van der Waals surface area (Å²) in [6.07, 6.45) is 13.2. The van der Waals surface area contributed by atoms with Gasteiger partial charge in [-0.3, -0.25) is 9.13 Å². The van der Waals surface area contributed by atoms with Crippen molar-refractivity contribution in [2.45, 2.75) is 51.6 Å². The van der Waals surface area contributed by atoms with Crippen LogP contribution in [-0.4, -0.2) is 31.8 Å². The highest BCUT2D eigenvalue weighted by Gasteiger charge is 2.30. The zero-order chi connectivity index (χ0) is 22.0. The number of hydrogen-bond donors (Lipinski definition) is 0. The van der Waals surface area contributed by atoms with E-state index in [-0.39, 0.29) is 6.10 Å². The van der Waals surface area contributed by atoms with Crippen molar-refractivity contribution in [1.82, 2.24) is 19.5 Å². The maximum absolute atomic E-state index is 12.8. The van der Waals surface area contributed by atoms with Crippen molar-refractivity contribution < 1.29 is 9.09 Å². The van der Waals surface area contributed by atoms with Gasteiger partial charge in [-0.25, -0.2) is 15.0 Å². The van der Waals surface area contributed by atoms with Gasteiger partial charge >= 0.3 is 0 Å².